The monoisotopic (exact) mass is 334 g/mol. The number of rotatable bonds is 4. The Morgan fingerprint density at radius 2 is 2.17 bits per heavy atom. The number of oxazole rings is 1. The van der Waals surface area contributed by atoms with E-state index < -0.39 is 0 Å². The van der Waals surface area contributed by atoms with Crippen LogP contribution in [-0.4, -0.2) is 41.6 Å². The van der Waals surface area contributed by atoms with Crippen LogP contribution in [0.2, 0.25) is 5.02 Å². The summed E-state index contributed by atoms with van der Waals surface area (Å²) in [7, 11) is 0. The molecule has 0 N–H and O–H groups in total. The van der Waals surface area contributed by atoms with Gasteiger partial charge in [0.15, 0.2) is 11.7 Å². The Kier molecular flexibility index (Phi) is 4.98. The Morgan fingerprint density at radius 3 is 2.91 bits per heavy atom. The van der Waals surface area contributed by atoms with Crippen molar-refractivity contribution in [3.05, 3.63) is 41.4 Å². The molecule has 1 aromatic carbocycles. The first-order valence-electron chi connectivity index (χ1n) is 7.72. The number of ether oxygens (including phenoxy) is 1. The van der Waals surface area contributed by atoms with Crippen LogP contribution in [0.25, 0.3) is 11.3 Å². The molecule has 2 aromatic rings. The minimum atomic E-state index is 0.103. The number of aryl methyl sites for hydroxylation is 1. The number of benzene rings is 1. The van der Waals surface area contributed by atoms with Gasteiger partial charge >= 0.3 is 0 Å². The lowest BCUT2D eigenvalue weighted by atomic mass is 10.2. The molecular formula is C17H19ClN2O3. The maximum Gasteiger partial charge on any atom is 0.223 e. The SMILES string of the molecule is C[C@H]1CN(C(=O)CCc2ncc(-c3ccc(Cl)cc3)o2)CCO1. The van der Waals surface area contributed by atoms with Crippen LogP contribution < -0.4 is 0 Å². The van der Waals surface area contributed by atoms with Gasteiger partial charge in [-0.05, 0) is 31.2 Å². The van der Waals surface area contributed by atoms with Gasteiger partial charge < -0.3 is 14.1 Å². The second-order valence-corrected chi connectivity index (χ2v) is 6.08. The van der Waals surface area contributed by atoms with Gasteiger partial charge in [0.25, 0.3) is 0 Å². The average Bonchev–Trinajstić information content (AvgIpc) is 3.02. The zero-order valence-electron chi connectivity index (χ0n) is 13.0. The van der Waals surface area contributed by atoms with Gasteiger partial charge in [0.05, 0.1) is 18.9 Å². The number of carbonyl (C=O) groups excluding carboxylic acids is 1. The van der Waals surface area contributed by atoms with Crippen molar-refractivity contribution in [2.75, 3.05) is 19.7 Å². The third-order valence-corrected chi connectivity index (χ3v) is 4.08. The Balaban J connectivity index is 1.56. The van der Waals surface area contributed by atoms with Gasteiger partial charge in [-0.3, -0.25) is 4.79 Å². The second-order valence-electron chi connectivity index (χ2n) is 5.65. The maximum absolute atomic E-state index is 12.2. The van der Waals surface area contributed by atoms with Gasteiger partial charge in [-0.15, -0.1) is 0 Å². The molecular weight excluding hydrogens is 316 g/mol. The lowest BCUT2D eigenvalue weighted by molar-refractivity contribution is -0.138. The zero-order valence-corrected chi connectivity index (χ0v) is 13.8. The van der Waals surface area contributed by atoms with E-state index in [-0.39, 0.29) is 12.0 Å². The van der Waals surface area contributed by atoms with E-state index in [2.05, 4.69) is 4.98 Å². The van der Waals surface area contributed by atoms with Gasteiger partial charge in [-0.25, -0.2) is 4.98 Å². The van der Waals surface area contributed by atoms with Crippen LogP contribution in [0.1, 0.15) is 19.2 Å². The fraction of sp³-hybridized carbons (Fsp3) is 0.412. The number of amides is 1. The number of morpholine rings is 1. The number of nitrogens with zero attached hydrogens (tertiary/aromatic N) is 2. The van der Waals surface area contributed by atoms with Crippen LogP contribution in [0.15, 0.2) is 34.9 Å². The summed E-state index contributed by atoms with van der Waals surface area (Å²) in [5, 5.41) is 0.679. The topological polar surface area (TPSA) is 55.6 Å². The molecule has 6 heteroatoms. The molecule has 3 rings (SSSR count). The van der Waals surface area contributed by atoms with Crippen LogP contribution in [0.5, 0.6) is 0 Å². The molecule has 5 nitrogen and oxygen atoms in total. The molecule has 1 aliphatic rings. The molecule has 1 saturated heterocycles. The van der Waals surface area contributed by atoms with Crippen molar-refractivity contribution in [3.8, 4) is 11.3 Å². The van der Waals surface area contributed by atoms with Crippen molar-refractivity contribution in [1.82, 2.24) is 9.88 Å². The van der Waals surface area contributed by atoms with E-state index in [9.17, 15) is 4.79 Å². The largest absolute Gasteiger partial charge is 0.441 e. The normalized spacial score (nSPS) is 18.2. The van der Waals surface area contributed by atoms with Crippen LogP contribution in [0, 0.1) is 0 Å². The molecule has 122 valence electrons. The molecule has 0 radical (unpaired) electrons. The highest BCUT2D eigenvalue weighted by molar-refractivity contribution is 6.30. The minimum absolute atomic E-state index is 0.103. The Morgan fingerprint density at radius 1 is 1.39 bits per heavy atom. The summed E-state index contributed by atoms with van der Waals surface area (Å²) in [4.78, 5) is 18.3. The standard InChI is InChI=1S/C17H19ClN2O3/c1-12-11-20(8-9-22-12)17(21)7-6-16-19-10-15(23-16)13-2-4-14(18)5-3-13/h2-5,10,12H,6-9,11H2,1H3/t12-/m0/s1. The molecule has 23 heavy (non-hydrogen) atoms. The fourth-order valence-corrected chi connectivity index (χ4v) is 2.72. The Labute approximate surface area is 140 Å². The highest BCUT2D eigenvalue weighted by Crippen LogP contribution is 2.22. The summed E-state index contributed by atoms with van der Waals surface area (Å²) in [6.07, 6.45) is 2.68. The first kappa shape index (κ1) is 16.0. The molecule has 0 aliphatic carbocycles. The van der Waals surface area contributed by atoms with Crippen molar-refractivity contribution >= 4 is 17.5 Å². The van der Waals surface area contributed by atoms with Crippen LogP contribution in [0.4, 0.5) is 0 Å². The minimum Gasteiger partial charge on any atom is -0.441 e. The predicted octanol–water partition coefficient (Wildman–Crippen LogP) is 3.17. The van der Waals surface area contributed by atoms with Gasteiger partial charge in [0.1, 0.15) is 0 Å². The Bertz CT molecular complexity index is 669. The van der Waals surface area contributed by atoms with Crippen LogP contribution in [-0.2, 0) is 16.0 Å². The van der Waals surface area contributed by atoms with Gasteiger partial charge in [-0.1, -0.05) is 11.6 Å². The van der Waals surface area contributed by atoms with Crippen molar-refractivity contribution in [2.45, 2.75) is 25.9 Å². The number of hydrogen-bond donors (Lipinski definition) is 0. The molecule has 0 unspecified atom stereocenters. The molecule has 0 spiro atoms. The zero-order chi connectivity index (χ0) is 16.2. The lowest BCUT2D eigenvalue weighted by Gasteiger charge is -2.31. The van der Waals surface area contributed by atoms with Crippen molar-refractivity contribution in [2.24, 2.45) is 0 Å². The summed E-state index contributed by atoms with van der Waals surface area (Å²) < 4.78 is 11.2. The molecule has 1 atom stereocenters. The molecule has 1 fully saturated rings. The number of halogens is 1. The van der Waals surface area contributed by atoms with Crippen molar-refractivity contribution in [3.63, 3.8) is 0 Å². The number of carbonyl (C=O) groups is 1. The van der Waals surface area contributed by atoms with E-state index in [0.717, 1.165) is 5.56 Å². The molecule has 1 aliphatic heterocycles. The highest BCUT2D eigenvalue weighted by Gasteiger charge is 2.21. The lowest BCUT2D eigenvalue weighted by Crippen LogP contribution is -2.44. The molecule has 2 heterocycles. The van der Waals surface area contributed by atoms with E-state index >= 15 is 0 Å². The summed E-state index contributed by atoms with van der Waals surface area (Å²) in [5.41, 5.74) is 0.918. The van der Waals surface area contributed by atoms with E-state index in [1.54, 1.807) is 6.20 Å². The quantitative estimate of drug-likeness (QED) is 0.861. The van der Waals surface area contributed by atoms with Crippen LogP contribution in [0.3, 0.4) is 0 Å². The molecule has 1 aromatic heterocycles. The first-order chi connectivity index (χ1) is 11.1. The molecule has 0 bridgehead atoms. The second kappa shape index (κ2) is 7.15. The van der Waals surface area contributed by atoms with Crippen LogP contribution >= 0.6 is 11.6 Å². The summed E-state index contributed by atoms with van der Waals surface area (Å²) in [6, 6.07) is 7.38. The number of hydrogen-bond acceptors (Lipinski definition) is 4. The smallest absolute Gasteiger partial charge is 0.223 e. The first-order valence-corrected chi connectivity index (χ1v) is 8.09. The fourth-order valence-electron chi connectivity index (χ4n) is 2.59. The van der Waals surface area contributed by atoms with Gasteiger partial charge in [0.2, 0.25) is 5.91 Å². The third kappa shape index (κ3) is 4.12. The van der Waals surface area contributed by atoms with Crippen molar-refractivity contribution < 1.29 is 13.9 Å². The predicted molar refractivity (Wildman–Crippen MR) is 87.3 cm³/mol. The third-order valence-electron chi connectivity index (χ3n) is 3.83. The molecule has 0 saturated carbocycles. The average molecular weight is 335 g/mol. The summed E-state index contributed by atoms with van der Waals surface area (Å²) in [6.45, 7) is 3.89. The van der Waals surface area contributed by atoms with E-state index in [0.29, 0.717) is 49.2 Å². The van der Waals surface area contributed by atoms with Crippen molar-refractivity contribution in [1.29, 1.82) is 0 Å². The summed E-state index contributed by atoms with van der Waals surface area (Å²) >= 11 is 5.88. The molecule has 1 amide bonds. The highest BCUT2D eigenvalue weighted by atomic mass is 35.5. The van der Waals surface area contributed by atoms with Gasteiger partial charge in [-0.2, -0.15) is 0 Å². The maximum atomic E-state index is 12.2. The number of aromatic nitrogens is 1. The Hall–Kier alpha value is -1.85. The van der Waals surface area contributed by atoms with Gasteiger partial charge in [0, 0.05) is 36.5 Å². The summed E-state index contributed by atoms with van der Waals surface area (Å²) in [5.74, 6) is 1.38. The van der Waals surface area contributed by atoms with E-state index in [1.165, 1.54) is 0 Å². The van der Waals surface area contributed by atoms with E-state index in [4.69, 9.17) is 20.8 Å². The van der Waals surface area contributed by atoms with E-state index in [1.807, 2.05) is 36.1 Å².